The second-order valence-corrected chi connectivity index (χ2v) is 4.65. The van der Waals surface area contributed by atoms with Crippen molar-refractivity contribution in [2.24, 2.45) is 5.16 Å². The minimum absolute atomic E-state index is 0.0765. The standard InChI is InChI=1S/C14H19FN2O3/c1-9(2)16-14(18)6-7-20-13-5-4-11(15)8-12(13)10(3)17-19/h4-5,8-9,19H,6-7H2,1-3H3,(H,16,18)/b17-10+. The number of oxime groups is 1. The molecule has 110 valence electrons. The van der Waals surface area contributed by atoms with Crippen LogP contribution in [0.1, 0.15) is 32.8 Å². The van der Waals surface area contributed by atoms with Crippen LogP contribution in [-0.2, 0) is 4.79 Å². The zero-order chi connectivity index (χ0) is 15.1. The Morgan fingerprint density at radius 1 is 1.50 bits per heavy atom. The highest BCUT2D eigenvalue weighted by Crippen LogP contribution is 2.20. The molecule has 1 aromatic rings. The number of carbonyl (C=O) groups excluding carboxylic acids is 1. The van der Waals surface area contributed by atoms with Gasteiger partial charge in [0.1, 0.15) is 11.6 Å². The third kappa shape index (κ3) is 4.87. The monoisotopic (exact) mass is 282 g/mol. The van der Waals surface area contributed by atoms with Crippen LogP contribution in [0, 0.1) is 5.82 Å². The molecule has 0 aliphatic carbocycles. The molecule has 0 bridgehead atoms. The fourth-order valence-electron chi connectivity index (χ4n) is 1.61. The molecule has 0 spiro atoms. The molecule has 0 aromatic heterocycles. The normalized spacial score (nSPS) is 11.6. The van der Waals surface area contributed by atoms with Crippen molar-refractivity contribution >= 4 is 11.6 Å². The topological polar surface area (TPSA) is 70.9 Å². The summed E-state index contributed by atoms with van der Waals surface area (Å²) in [4.78, 5) is 11.5. The number of ether oxygens (including phenoxy) is 1. The van der Waals surface area contributed by atoms with E-state index in [1.807, 2.05) is 13.8 Å². The van der Waals surface area contributed by atoms with E-state index < -0.39 is 5.82 Å². The van der Waals surface area contributed by atoms with Gasteiger partial charge in [-0.15, -0.1) is 0 Å². The van der Waals surface area contributed by atoms with Gasteiger partial charge in [-0.3, -0.25) is 4.79 Å². The molecule has 0 atom stereocenters. The second kappa shape index (κ2) is 7.47. The van der Waals surface area contributed by atoms with E-state index in [1.165, 1.54) is 25.1 Å². The van der Waals surface area contributed by atoms with Crippen molar-refractivity contribution in [2.75, 3.05) is 6.61 Å². The average Bonchev–Trinajstić information content (AvgIpc) is 2.38. The van der Waals surface area contributed by atoms with E-state index in [-0.39, 0.29) is 30.7 Å². The van der Waals surface area contributed by atoms with E-state index in [2.05, 4.69) is 10.5 Å². The molecule has 0 saturated heterocycles. The van der Waals surface area contributed by atoms with Gasteiger partial charge in [-0.1, -0.05) is 5.16 Å². The van der Waals surface area contributed by atoms with Gasteiger partial charge in [-0.2, -0.15) is 0 Å². The fourth-order valence-corrected chi connectivity index (χ4v) is 1.61. The molecule has 0 fully saturated rings. The predicted octanol–water partition coefficient (Wildman–Crippen LogP) is 2.32. The van der Waals surface area contributed by atoms with Crippen molar-refractivity contribution in [1.29, 1.82) is 0 Å². The smallest absolute Gasteiger partial charge is 0.223 e. The summed E-state index contributed by atoms with van der Waals surface area (Å²) in [6, 6.07) is 3.99. The molecule has 0 saturated carbocycles. The minimum Gasteiger partial charge on any atom is -0.492 e. The molecule has 0 unspecified atom stereocenters. The number of amides is 1. The Bertz CT molecular complexity index is 501. The van der Waals surface area contributed by atoms with E-state index in [4.69, 9.17) is 9.94 Å². The van der Waals surface area contributed by atoms with Gasteiger partial charge in [0.15, 0.2) is 0 Å². The lowest BCUT2D eigenvalue weighted by molar-refractivity contribution is -0.122. The molecule has 0 aliphatic heterocycles. The Hall–Kier alpha value is -2.11. The fraction of sp³-hybridized carbons (Fsp3) is 0.429. The van der Waals surface area contributed by atoms with Crippen LogP contribution in [0.15, 0.2) is 23.4 Å². The Balaban J connectivity index is 2.66. The number of nitrogens with one attached hydrogen (secondary N) is 1. The highest BCUT2D eigenvalue weighted by Gasteiger charge is 2.10. The molecule has 1 aromatic carbocycles. The summed E-state index contributed by atoms with van der Waals surface area (Å²) in [6.45, 7) is 5.44. The van der Waals surface area contributed by atoms with E-state index in [9.17, 15) is 9.18 Å². The van der Waals surface area contributed by atoms with Crippen LogP contribution in [0.4, 0.5) is 4.39 Å². The van der Waals surface area contributed by atoms with Gasteiger partial charge in [0.2, 0.25) is 5.91 Å². The highest BCUT2D eigenvalue weighted by molar-refractivity contribution is 6.00. The summed E-state index contributed by atoms with van der Waals surface area (Å²) in [5, 5.41) is 14.5. The molecule has 0 aliphatic rings. The number of rotatable bonds is 6. The maximum absolute atomic E-state index is 13.2. The van der Waals surface area contributed by atoms with E-state index >= 15 is 0 Å². The van der Waals surface area contributed by atoms with Crippen molar-refractivity contribution in [3.05, 3.63) is 29.6 Å². The maximum Gasteiger partial charge on any atom is 0.223 e. The van der Waals surface area contributed by atoms with E-state index in [0.717, 1.165) is 0 Å². The molecule has 20 heavy (non-hydrogen) atoms. The number of carbonyl (C=O) groups is 1. The quantitative estimate of drug-likeness (QED) is 0.478. The average molecular weight is 282 g/mol. The van der Waals surface area contributed by atoms with Crippen LogP contribution in [-0.4, -0.2) is 29.5 Å². The molecule has 2 N–H and O–H groups in total. The van der Waals surface area contributed by atoms with Crippen LogP contribution < -0.4 is 10.1 Å². The maximum atomic E-state index is 13.2. The molecule has 5 nitrogen and oxygen atoms in total. The molecular formula is C14H19FN2O3. The van der Waals surface area contributed by atoms with Crippen LogP contribution in [0.3, 0.4) is 0 Å². The van der Waals surface area contributed by atoms with Gasteiger partial charge in [-0.25, -0.2) is 4.39 Å². The van der Waals surface area contributed by atoms with Gasteiger partial charge in [-0.05, 0) is 39.0 Å². The van der Waals surface area contributed by atoms with Gasteiger partial charge >= 0.3 is 0 Å². The van der Waals surface area contributed by atoms with Crippen molar-refractivity contribution < 1.29 is 19.1 Å². The van der Waals surface area contributed by atoms with E-state index in [0.29, 0.717) is 11.3 Å². The second-order valence-electron chi connectivity index (χ2n) is 4.65. The highest BCUT2D eigenvalue weighted by atomic mass is 19.1. The Morgan fingerprint density at radius 3 is 2.80 bits per heavy atom. The van der Waals surface area contributed by atoms with E-state index in [1.54, 1.807) is 0 Å². The van der Waals surface area contributed by atoms with Crippen molar-refractivity contribution in [3.63, 3.8) is 0 Å². The summed E-state index contributed by atoms with van der Waals surface area (Å²) < 4.78 is 18.6. The summed E-state index contributed by atoms with van der Waals surface area (Å²) in [5.74, 6) is -0.192. The SMILES string of the molecule is C/C(=N\O)c1cc(F)ccc1OCCC(=O)NC(C)C. The van der Waals surface area contributed by atoms with Gasteiger partial charge in [0, 0.05) is 11.6 Å². The number of hydrogen-bond donors (Lipinski definition) is 2. The van der Waals surface area contributed by atoms with Crippen LogP contribution in [0.2, 0.25) is 0 Å². The Labute approximate surface area is 117 Å². The lowest BCUT2D eigenvalue weighted by atomic mass is 10.1. The summed E-state index contributed by atoms with van der Waals surface area (Å²) in [7, 11) is 0. The van der Waals surface area contributed by atoms with Crippen molar-refractivity contribution in [3.8, 4) is 5.75 Å². The molecule has 6 heteroatoms. The molecular weight excluding hydrogens is 263 g/mol. The summed E-state index contributed by atoms with van der Waals surface area (Å²) in [6.07, 6.45) is 0.199. The first-order chi connectivity index (χ1) is 9.43. The third-order valence-electron chi connectivity index (χ3n) is 2.52. The number of nitrogens with zero attached hydrogens (tertiary/aromatic N) is 1. The lowest BCUT2D eigenvalue weighted by Crippen LogP contribution is -2.31. The van der Waals surface area contributed by atoms with Crippen molar-refractivity contribution in [1.82, 2.24) is 5.32 Å². The first-order valence-corrected chi connectivity index (χ1v) is 6.34. The molecule has 0 radical (unpaired) electrons. The molecule has 1 rings (SSSR count). The number of benzene rings is 1. The zero-order valence-electron chi connectivity index (χ0n) is 11.8. The minimum atomic E-state index is -0.451. The van der Waals surface area contributed by atoms with Crippen LogP contribution in [0.5, 0.6) is 5.75 Å². The number of hydrogen-bond acceptors (Lipinski definition) is 4. The summed E-state index contributed by atoms with van der Waals surface area (Å²) in [5.41, 5.74) is 0.600. The Morgan fingerprint density at radius 2 is 2.20 bits per heavy atom. The predicted molar refractivity (Wildman–Crippen MR) is 73.8 cm³/mol. The third-order valence-corrected chi connectivity index (χ3v) is 2.52. The van der Waals surface area contributed by atoms with Crippen molar-refractivity contribution in [2.45, 2.75) is 33.2 Å². The first-order valence-electron chi connectivity index (χ1n) is 6.34. The summed E-state index contributed by atoms with van der Waals surface area (Å²) >= 11 is 0. The molecule has 0 heterocycles. The lowest BCUT2D eigenvalue weighted by Gasteiger charge is -2.12. The zero-order valence-corrected chi connectivity index (χ0v) is 11.8. The number of halogens is 1. The van der Waals surface area contributed by atoms with Gasteiger partial charge in [0.25, 0.3) is 0 Å². The van der Waals surface area contributed by atoms with Gasteiger partial charge < -0.3 is 15.3 Å². The Kier molecular flexibility index (Phi) is 5.96. The first kappa shape index (κ1) is 15.9. The largest absolute Gasteiger partial charge is 0.492 e. The molecule has 1 amide bonds. The van der Waals surface area contributed by atoms with Gasteiger partial charge in [0.05, 0.1) is 18.7 Å². The van der Waals surface area contributed by atoms with Crippen LogP contribution >= 0.6 is 0 Å². The van der Waals surface area contributed by atoms with Crippen LogP contribution in [0.25, 0.3) is 0 Å².